The number of para-hydroxylation sites is 1. The van der Waals surface area contributed by atoms with Gasteiger partial charge in [0.25, 0.3) is 0 Å². The van der Waals surface area contributed by atoms with Crippen molar-refractivity contribution >= 4 is 17.6 Å². The number of benzene rings is 2. The van der Waals surface area contributed by atoms with E-state index < -0.39 is 0 Å². The molecule has 1 saturated carbocycles. The van der Waals surface area contributed by atoms with Gasteiger partial charge in [0.05, 0.1) is 12.1 Å². The second-order valence-corrected chi connectivity index (χ2v) is 7.57. The molecule has 1 aliphatic rings. The van der Waals surface area contributed by atoms with Crippen LogP contribution in [0.4, 0.5) is 5.69 Å². The number of phenolic OH excluding ortho intramolecular Hbond substituents is 2. The second kappa shape index (κ2) is 8.91. The van der Waals surface area contributed by atoms with Crippen molar-refractivity contribution in [1.82, 2.24) is 0 Å². The van der Waals surface area contributed by atoms with E-state index >= 15 is 0 Å². The second-order valence-electron chi connectivity index (χ2n) is 7.57. The molecule has 0 amide bonds. The molecule has 2 atom stereocenters. The lowest BCUT2D eigenvalue weighted by Gasteiger charge is -2.26. The van der Waals surface area contributed by atoms with Gasteiger partial charge in [-0.05, 0) is 44.0 Å². The summed E-state index contributed by atoms with van der Waals surface area (Å²) in [7, 11) is 3.89. The molecule has 5 heteroatoms. The van der Waals surface area contributed by atoms with Crippen LogP contribution in [0.3, 0.4) is 0 Å². The summed E-state index contributed by atoms with van der Waals surface area (Å²) in [5.74, 6) is 0.488. The molecule has 0 saturated heterocycles. The fraction of sp³-hybridized carbons (Fsp3) is 0.391. The Kier molecular flexibility index (Phi) is 6.34. The molecule has 2 aromatic carbocycles. The molecular weight excluding hydrogens is 350 g/mol. The number of phenols is 2. The fourth-order valence-electron chi connectivity index (χ4n) is 3.61. The Balaban J connectivity index is 1.79. The number of aliphatic imine (C=N–C) groups is 2. The molecule has 5 nitrogen and oxygen atoms in total. The first-order valence-corrected chi connectivity index (χ1v) is 9.82. The van der Waals surface area contributed by atoms with Crippen LogP contribution in [-0.2, 0) is 0 Å². The summed E-state index contributed by atoms with van der Waals surface area (Å²) in [5, 5.41) is 20.4. The van der Waals surface area contributed by atoms with E-state index in [1.165, 1.54) is 0 Å². The minimum Gasteiger partial charge on any atom is -0.507 e. The van der Waals surface area contributed by atoms with Crippen molar-refractivity contribution in [2.24, 2.45) is 9.98 Å². The molecule has 0 radical (unpaired) electrons. The van der Waals surface area contributed by atoms with Crippen LogP contribution in [0.2, 0.25) is 0 Å². The van der Waals surface area contributed by atoms with Gasteiger partial charge in [-0.3, -0.25) is 9.98 Å². The van der Waals surface area contributed by atoms with Crippen molar-refractivity contribution in [2.45, 2.75) is 44.7 Å². The molecule has 1 aliphatic carbocycles. The van der Waals surface area contributed by atoms with E-state index in [0.29, 0.717) is 0 Å². The summed E-state index contributed by atoms with van der Waals surface area (Å²) in [6, 6.07) is 13.1. The maximum Gasteiger partial charge on any atom is 0.126 e. The summed E-state index contributed by atoms with van der Waals surface area (Å²) in [6.45, 7) is 1.94. The predicted octanol–water partition coefficient (Wildman–Crippen LogP) is 4.40. The van der Waals surface area contributed by atoms with E-state index in [9.17, 15) is 10.2 Å². The molecule has 28 heavy (non-hydrogen) atoms. The first kappa shape index (κ1) is 19.9. The SMILES string of the molecule is CC(=N[C@H]1CCCCC1N=Cc1ccc(N(C)C)cc1O)c1ccccc1O. The highest BCUT2D eigenvalue weighted by Crippen LogP contribution is 2.27. The first-order chi connectivity index (χ1) is 13.5. The van der Waals surface area contributed by atoms with Gasteiger partial charge in [0.2, 0.25) is 0 Å². The Morgan fingerprint density at radius 2 is 1.71 bits per heavy atom. The maximum absolute atomic E-state index is 10.3. The van der Waals surface area contributed by atoms with Crippen LogP contribution in [0, 0.1) is 0 Å². The van der Waals surface area contributed by atoms with E-state index in [2.05, 4.69) is 0 Å². The Bertz CT molecular complexity index is 874. The monoisotopic (exact) mass is 379 g/mol. The fourth-order valence-corrected chi connectivity index (χ4v) is 3.61. The molecule has 3 rings (SSSR count). The van der Waals surface area contributed by atoms with Crippen LogP contribution < -0.4 is 4.90 Å². The lowest BCUT2D eigenvalue weighted by Crippen LogP contribution is -2.28. The topological polar surface area (TPSA) is 68.4 Å². The van der Waals surface area contributed by atoms with Crippen molar-refractivity contribution < 1.29 is 10.2 Å². The molecular formula is C23H29N3O2. The number of hydrogen-bond donors (Lipinski definition) is 2. The normalized spacial score (nSPS) is 20.5. The number of hydrogen-bond acceptors (Lipinski definition) is 5. The van der Waals surface area contributed by atoms with E-state index in [-0.39, 0.29) is 23.6 Å². The highest BCUT2D eigenvalue weighted by molar-refractivity contribution is 6.01. The highest BCUT2D eigenvalue weighted by Gasteiger charge is 2.24. The highest BCUT2D eigenvalue weighted by atomic mass is 16.3. The summed E-state index contributed by atoms with van der Waals surface area (Å²) >= 11 is 0. The van der Waals surface area contributed by atoms with Gasteiger partial charge in [0.15, 0.2) is 0 Å². The van der Waals surface area contributed by atoms with Crippen molar-refractivity contribution in [3.05, 3.63) is 53.6 Å². The van der Waals surface area contributed by atoms with Crippen molar-refractivity contribution in [3.63, 3.8) is 0 Å². The van der Waals surface area contributed by atoms with E-state index in [1.54, 1.807) is 18.3 Å². The van der Waals surface area contributed by atoms with Gasteiger partial charge in [-0.15, -0.1) is 0 Å². The van der Waals surface area contributed by atoms with Gasteiger partial charge >= 0.3 is 0 Å². The van der Waals surface area contributed by atoms with E-state index in [1.807, 2.05) is 56.3 Å². The molecule has 0 aliphatic heterocycles. The Morgan fingerprint density at radius 1 is 1.00 bits per heavy atom. The van der Waals surface area contributed by atoms with Crippen LogP contribution in [0.5, 0.6) is 11.5 Å². The third kappa shape index (κ3) is 4.71. The van der Waals surface area contributed by atoms with Crippen LogP contribution in [-0.4, -0.2) is 48.3 Å². The lowest BCUT2D eigenvalue weighted by atomic mass is 9.90. The van der Waals surface area contributed by atoms with Gasteiger partial charge in [0.1, 0.15) is 11.5 Å². The first-order valence-electron chi connectivity index (χ1n) is 9.82. The van der Waals surface area contributed by atoms with Gasteiger partial charge in [-0.2, -0.15) is 0 Å². The number of aromatic hydroxyl groups is 2. The smallest absolute Gasteiger partial charge is 0.126 e. The quantitative estimate of drug-likeness (QED) is 0.757. The molecule has 0 aromatic heterocycles. The molecule has 2 aromatic rings. The standard InChI is InChI=1S/C23H29N3O2/c1-16(19-8-4-7-11-22(19)27)25-21-10-6-5-9-20(21)24-15-17-12-13-18(26(2)3)14-23(17)28/h4,7-8,11-15,20-21,27-28H,5-6,9-10H2,1-3H3/t20?,21-/m0/s1. The number of nitrogens with zero attached hydrogens (tertiary/aromatic N) is 3. The molecule has 148 valence electrons. The Hall–Kier alpha value is -2.82. The summed E-state index contributed by atoms with van der Waals surface area (Å²) < 4.78 is 0. The summed E-state index contributed by atoms with van der Waals surface area (Å²) in [4.78, 5) is 11.6. The largest absolute Gasteiger partial charge is 0.507 e. The lowest BCUT2D eigenvalue weighted by molar-refractivity contribution is 0.389. The summed E-state index contributed by atoms with van der Waals surface area (Å²) in [6.07, 6.45) is 6.00. The van der Waals surface area contributed by atoms with Crippen LogP contribution >= 0.6 is 0 Å². The van der Waals surface area contributed by atoms with Crippen molar-refractivity contribution in [3.8, 4) is 11.5 Å². The molecule has 1 unspecified atom stereocenters. The average molecular weight is 380 g/mol. The Morgan fingerprint density at radius 3 is 2.39 bits per heavy atom. The third-order valence-corrected chi connectivity index (χ3v) is 5.28. The van der Waals surface area contributed by atoms with Gasteiger partial charge in [-0.1, -0.05) is 25.0 Å². The van der Waals surface area contributed by atoms with Crippen LogP contribution in [0.15, 0.2) is 52.4 Å². The predicted molar refractivity (Wildman–Crippen MR) is 116 cm³/mol. The number of anilines is 1. The van der Waals surface area contributed by atoms with Crippen LogP contribution in [0.25, 0.3) is 0 Å². The molecule has 0 heterocycles. The zero-order valence-electron chi connectivity index (χ0n) is 16.8. The maximum atomic E-state index is 10.3. The van der Waals surface area contributed by atoms with E-state index in [0.717, 1.165) is 48.2 Å². The summed E-state index contributed by atoms with van der Waals surface area (Å²) in [5.41, 5.74) is 3.28. The third-order valence-electron chi connectivity index (χ3n) is 5.28. The molecule has 0 spiro atoms. The Labute approximate surface area is 167 Å². The minimum atomic E-state index is 0.0856. The van der Waals surface area contributed by atoms with E-state index in [4.69, 9.17) is 9.98 Å². The minimum absolute atomic E-state index is 0.0856. The zero-order chi connectivity index (χ0) is 20.1. The van der Waals surface area contributed by atoms with Crippen LogP contribution in [0.1, 0.15) is 43.7 Å². The van der Waals surface area contributed by atoms with Gasteiger partial charge in [-0.25, -0.2) is 0 Å². The molecule has 1 fully saturated rings. The van der Waals surface area contributed by atoms with Gasteiger partial charge < -0.3 is 15.1 Å². The zero-order valence-corrected chi connectivity index (χ0v) is 16.8. The van der Waals surface area contributed by atoms with Crippen molar-refractivity contribution in [1.29, 1.82) is 0 Å². The molecule has 0 bridgehead atoms. The average Bonchev–Trinajstić information content (AvgIpc) is 2.68. The molecule has 2 N–H and O–H groups in total. The van der Waals surface area contributed by atoms with Gasteiger partial charge in [0, 0.05) is 48.9 Å². The van der Waals surface area contributed by atoms with Crippen molar-refractivity contribution in [2.75, 3.05) is 19.0 Å². The number of rotatable bonds is 5.